The van der Waals surface area contributed by atoms with Gasteiger partial charge in [0.15, 0.2) is 0 Å². The Balaban J connectivity index is 2.58. The first-order valence-electron chi connectivity index (χ1n) is 5.83. The summed E-state index contributed by atoms with van der Waals surface area (Å²) in [6.07, 6.45) is 0. The van der Waals surface area contributed by atoms with Crippen LogP contribution in [0.2, 0.25) is 0 Å². The fraction of sp³-hybridized carbons (Fsp3) is 0.143. The van der Waals surface area contributed by atoms with Crippen molar-refractivity contribution in [2.45, 2.75) is 6.92 Å². The van der Waals surface area contributed by atoms with E-state index in [1.165, 1.54) is 13.2 Å². The van der Waals surface area contributed by atoms with E-state index in [-0.39, 0.29) is 11.2 Å². The van der Waals surface area contributed by atoms with E-state index in [0.717, 1.165) is 11.1 Å². The quantitative estimate of drug-likeness (QED) is 0.822. The van der Waals surface area contributed by atoms with Gasteiger partial charge < -0.3 is 14.8 Å². The fourth-order valence-electron chi connectivity index (χ4n) is 2.00. The van der Waals surface area contributed by atoms with Gasteiger partial charge in [-0.15, -0.1) is 0 Å². The highest BCUT2D eigenvalue weighted by molar-refractivity contribution is 6.59. The summed E-state index contributed by atoms with van der Waals surface area (Å²) in [6.45, 7) is 1.95. The molecule has 2 aromatic rings. The molecule has 0 radical (unpaired) electrons. The Morgan fingerprint density at radius 3 is 2.42 bits per heavy atom. The smallest absolute Gasteiger partial charge is 0.495 e. The third-order valence-electron chi connectivity index (χ3n) is 2.92. The van der Waals surface area contributed by atoms with Crippen LogP contribution in [0.15, 0.2) is 36.4 Å². The molecule has 0 atom stereocenters. The Morgan fingerprint density at radius 1 is 1.11 bits per heavy atom. The first-order chi connectivity index (χ1) is 9.02. The minimum atomic E-state index is -1.90. The zero-order valence-corrected chi connectivity index (χ0v) is 10.7. The lowest BCUT2D eigenvalue weighted by Gasteiger charge is -2.12. The van der Waals surface area contributed by atoms with Gasteiger partial charge in [-0.05, 0) is 30.2 Å². The molecule has 2 aromatic carbocycles. The van der Waals surface area contributed by atoms with E-state index in [9.17, 15) is 4.39 Å². The molecule has 0 aliphatic rings. The number of hydrogen-bond donors (Lipinski definition) is 2. The van der Waals surface area contributed by atoms with Gasteiger partial charge >= 0.3 is 7.12 Å². The summed E-state index contributed by atoms with van der Waals surface area (Å²) in [5, 5.41) is 18.3. The minimum absolute atomic E-state index is 0.117. The molecule has 0 aromatic heterocycles. The fourth-order valence-corrected chi connectivity index (χ4v) is 2.00. The van der Waals surface area contributed by atoms with E-state index >= 15 is 0 Å². The molecule has 2 N–H and O–H groups in total. The first-order valence-corrected chi connectivity index (χ1v) is 5.83. The van der Waals surface area contributed by atoms with E-state index in [1.54, 1.807) is 6.07 Å². The summed E-state index contributed by atoms with van der Waals surface area (Å²) in [7, 11) is -0.540. The second-order valence-corrected chi connectivity index (χ2v) is 4.32. The van der Waals surface area contributed by atoms with E-state index < -0.39 is 12.9 Å². The van der Waals surface area contributed by atoms with E-state index in [1.807, 2.05) is 31.2 Å². The normalized spacial score (nSPS) is 10.4. The second-order valence-electron chi connectivity index (χ2n) is 4.32. The number of rotatable bonds is 3. The summed E-state index contributed by atoms with van der Waals surface area (Å²) >= 11 is 0. The van der Waals surface area contributed by atoms with Gasteiger partial charge in [-0.3, -0.25) is 0 Å². The first kappa shape index (κ1) is 13.6. The Morgan fingerprint density at radius 2 is 1.84 bits per heavy atom. The maximum Gasteiger partial charge on any atom is 0.495 e. The molecular formula is C14H14BFO3. The molecule has 0 bridgehead atoms. The average Bonchev–Trinajstić information content (AvgIpc) is 2.37. The SMILES string of the molecule is COc1cc(-c2cccc(C)c2)cc(F)c1B(O)O. The summed E-state index contributed by atoms with van der Waals surface area (Å²) < 4.78 is 19.0. The highest BCUT2D eigenvalue weighted by Gasteiger charge is 2.23. The predicted octanol–water partition coefficient (Wildman–Crippen LogP) is 1.49. The lowest BCUT2D eigenvalue weighted by molar-refractivity contribution is 0.399. The van der Waals surface area contributed by atoms with Gasteiger partial charge in [0.2, 0.25) is 0 Å². The molecule has 0 saturated heterocycles. The molecule has 5 heteroatoms. The lowest BCUT2D eigenvalue weighted by Crippen LogP contribution is -2.34. The third-order valence-corrected chi connectivity index (χ3v) is 2.92. The average molecular weight is 260 g/mol. The monoisotopic (exact) mass is 260 g/mol. The number of benzene rings is 2. The maximum atomic E-state index is 13.9. The maximum absolute atomic E-state index is 13.9. The molecule has 0 spiro atoms. The van der Waals surface area contributed by atoms with Crippen LogP contribution in [-0.2, 0) is 0 Å². The van der Waals surface area contributed by atoms with E-state index in [2.05, 4.69) is 0 Å². The Bertz CT molecular complexity index is 599. The van der Waals surface area contributed by atoms with Crippen LogP contribution in [0, 0.1) is 12.7 Å². The third kappa shape index (κ3) is 2.77. The van der Waals surface area contributed by atoms with Gasteiger partial charge in [-0.1, -0.05) is 29.8 Å². The number of methoxy groups -OCH3 is 1. The van der Waals surface area contributed by atoms with Crippen molar-refractivity contribution in [1.82, 2.24) is 0 Å². The molecule has 0 fully saturated rings. The molecule has 0 amide bonds. The Labute approximate surface area is 111 Å². The van der Waals surface area contributed by atoms with Crippen molar-refractivity contribution in [3.63, 3.8) is 0 Å². The van der Waals surface area contributed by atoms with Crippen LogP contribution in [0.1, 0.15) is 5.56 Å². The number of ether oxygens (including phenoxy) is 1. The van der Waals surface area contributed by atoms with E-state index in [0.29, 0.717) is 5.56 Å². The Kier molecular flexibility index (Phi) is 3.88. The molecular weight excluding hydrogens is 246 g/mol. The summed E-state index contributed by atoms with van der Waals surface area (Å²) in [5.41, 5.74) is 2.28. The zero-order chi connectivity index (χ0) is 14.0. The molecule has 2 rings (SSSR count). The molecule has 19 heavy (non-hydrogen) atoms. The predicted molar refractivity (Wildman–Crippen MR) is 73.0 cm³/mol. The van der Waals surface area contributed by atoms with E-state index in [4.69, 9.17) is 14.8 Å². The second kappa shape index (κ2) is 5.42. The standard InChI is InChI=1S/C14H14BFO3/c1-9-4-3-5-10(6-9)11-7-12(16)14(15(17)18)13(8-11)19-2/h3-8,17-18H,1-2H3. The Hall–Kier alpha value is -1.85. The molecule has 0 unspecified atom stereocenters. The van der Waals surface area contributed by atoms with Crippen LogP contribution in [0.5, 0.6) is 5.75 Å². The van der Waals surface area contributed by atoms with Crippen molar-refractivity contribution < 1.29 is 19.2 Å². The van der Waals surface area contributed by atoms with Crippen LogP contribution < -0.4 is 10.2 Å². The van der Waals surface area contributed by atoms with Gasteiger partial charge in [0.1, 0.15) is 11.6 Å². The molecule has 0 aliphatic carbocycles. The summed E-state index contributed by atoms with van der Waals surface area (Å²) in [4.78, 5) is 0. The van der Waals surface area contributed by atoms with Gasteiger partial charge in [0.05, 0.1) is 12.6 Å². The number of halogens is 1. The highest BCUT2D eigenvalue weighted by Crippen LogP contribution is 2.25. The minimum Gasteiger partial charge on any atom is -0.497 e. The van der Waals surface area contributed by atoms with Crippen LogP contribution in [0.4, 0.5) is 4.39 Å². The number of aryl methyl sites for hydroxylation is 1. The van der Waals surface area contributed by atoms with Crippen LogP contribution >= 0.6 is 0 Å². The van der Waals surface area contributed by atoms with Crippen molar-refractivity contribution in [1.29, 1.82) is 0 Å². The molecule has 0 heterocycles. The van der Waals surface area contributed by atoms with Crippen LogP contribution in [0.25, 0.3) is 11.1 Å². The lowest BCUT2D eigenvalue weighted by atomic mass is 9.78. The molecule has 3 nitrogen and oxygen atoms in total. The summed E-state index contributed by atoms with van der Waals surface area (Å²) in [5.74, 6) is -0.586. The highest BCUT2D eigenvalue weighted by atomic mass is 19.1. The number of hydrogen-bond acceptors (Lipinski definition) is 3. The summed E-state index contributed by atoms with van der Waals surface area (Å²) in [6, 6.07) is 10.5. The van der Waals surface area contributed by atoms with Gasteiger partial charge in [-0.2, -0.15) is 0 Å². The van der Waals surface area contributed by atoms with Crippen molar-refractivity contribution in [3.8, 4) is 16.9 Å². The largest absolute Gasteiger partial charge is 0.497 e. The van der Waals surface area contributed by atoms with Crippen LogP contribution in [0.3, 0.4) is 0 Å². The van der Waals surface area contributed by atoms with Gasteiger partial charge in [0, 0.05) is 0 Å². The van der Waals surface area contributed by atoms with Crippen molar-refractivity contribution >= 4 is 12.6 Å². The van der Waals surface area contributed by atoms with Gasteiger partial charge in [0.25, 0.3) is 0 Å². The van der Waals surface area contributed by atoms with Crippen molar-refractivity contribution in [2.24, 2.45) is 0 Å². The topological polar surface area (TPSA) is 49.7 Å². The van der Waals surface area contributed by atoms with Crippen LogP contribution in [-0.4, -0.2) is 24.3 Å². The molecule has 98 valence electrons. The zero-order valence-electron chi connectivity index (χ0n) is 10.7. The van der Waals surface area contributed by atoms with Crippen molar-refractivity contribution in [2.75, 3.05) is 7.11 Å². The van der Waals surface area contributed by atoms with Crippen molar-refractivity contribution in [3.05, 3.63) is 47.8 Å². The molecule has 0 aliphatic heterocycles. The van der Waals surface area contributed by atoms with Gasteiger partial charge in [-0.25, -0.2) is 4.39 Å². The molecule has 0 saturated carbocycles.